The monoisotopic (exact) mass is 132 g/mol. The summed E-state index contributed by atoms with van der Waals surface area (Å²) in [5, 5.41) is 14.4. The molecule has 0 heterocycles. The van der Waals surface area contributed by atoms with Gasteiger partial charge in [-0.25, -0.2) is 5.26 Å². The van der Waals surface area contributed by atoms with Crippen LogP contribution in [0.15, 0.2) is 0 Å². The molecule has 4 N–H and O–H groups in total. The normalized spacial score (nSPS) is 8.56. The number of nitrogens with two attached hydrogens (primary N) is 1. The molecule has 0 radical (unpaired) electrons. The van der Waals surface area contributed by atoms with Gasteiger partial charge in [0.2, 0.25) is 11.8 Å². The van der Waals surface area contributed by atoms with Crippen LogP contribution in [-0.2, 0) is 9.68 Å². The van der Waals surface area contributed by atoms with E-state index < -0.39 is 5.91 Å². The van der Waals surface area contributed by atoms with E-state index in [1.807, 2.05) is 0 Å². The smallest absolute Gasteiger partial charge is 0.225 e. The number of nitrogens with one attached hydrogen (secondary N) is 1. The summed E-state index contributed by atoms with van der Waals surface area (Å²) in [6, 6.07) is 0. The molecular weight excluding hydrogens is 124 g/mol. The van der Waals surface area contributed by atoms with Crippen LogP contribution >= 0.6 is 0 Å². The number of hydrogen-bond acceptors (Lipinski definition) is 4. The van der Waals surface area contributed by atoms with Crippen LogP contribution in [0.4, 0.5) is 0 Å². The Morgan fingerprint density at radius 2 is 2.22 bits per heavy atom. The molecule has 0 aliphatic heterocycles. The number of rotatable bonds is 3. The SMILES string of the molecule is N=C(CCC(N)=O)OO. The molecule has 5 heteroatoms. The summed E-state index contributed by atoms with van der Waals surface area (Å²) in [4.78, 5) is 13.5. The average Bonchev–Trinajstić information content (AvgIpc) is 1.83. The van der Waals surface area contributed by atoms with E-state index in [1.54, 1.807) is 0 Å². The first-order chi connectivity index (χ1) is 4.16. The molecule has 0 aliphatic carbocycles. The predicted octanol–water partition coefficient (Wildman–Crippen LogP) is -0.281. The summed E-state index contributed by atoms with van der Waals surface area (Å²) in [6.45, 7) is 0. The van der Waals surface area contributed by atoms with E-state index in [2.05, 4.69) is 4.89 Å². The Kier molecular flexibility index (Phi) is 3.38. The van der Waals surface area contributed by atoms with Gasteiger partial charge in [0.05, 0.1) is 0 Å². The first kappa shape index (κ1) is 7.90. The van der Waals surface area contributed by atoms with E-state index in [-0.39, 0.29) is 18.7 Å². The Bertz CT molecular complexity index is 123. The van der Waals surface area contributed by atoms with E-state index in [0.29, 0.717) is 0 Å². The van der Waals surface area contributed by atoms with E-state index >= 15 is 0 Å². The van der Waals surface area contributed by atoms with Gasteiger partial charge in [0.15, 0.2) is 0 Å². The minimum Gasteiger partial charge on any atom is -0.370 e. The van der Waals surface area contributed by atoms with Crippen LogP contribution < -0.4 is 5.73 Å². The molecule has 0 aliphatic rings. The highest BCUT2D eigenvalue weighted by Crippen LogP contribution is 1.88. The number of primary amides is 1. The molecule has 5 nitrogen and oxygen atoms in total. The maximum absolute atomic E-state index is 10.0. The molecule has 0 unspecified atom stereocenters. The van der Waals surface area contributed by atoms with Crippen molar-refractivity contribution in [2.45, 2.75) is 12.8 Å². The van der Waals surface area contributed by atoms with Crippen molar-refractivity contribution in [1.29, 1.82) is 5.41 Å². The van der Waals surface area contributed by atoms with Crippen molar-refractivity contribution in [1.82, 2.24) is 0 Å². The fourth-order valence-corrected chi connectivity index (χ4v) is 0.282. The van der Waals surface area contributed by atoms with Gasteiger partial charge < -0.3 is 10.6 Å². The van der Waals surface area contributed by atoms with Gasteiger partial charge in [-0.05, 0) is 0 Å². The van der Waals surface area contributed by atoms with Gasteiger partial charge in [0.25, 0.3) is 0 Å². The van der Waals surface area contributed by atoms with Crippen molar-refractivity contribution >= 4 is 11.8 Å². The molecule has 0 saturated heterocycles. The molecule has 9 heavy (non-hydrogen) atoms. The zero-order valence-corrected chi connectivity index (χ0v) is 4.76. The van der Waals surface area contributed by atoms with Crippen molar-refractivity contribution in [3.05, 3.63) is 0 Å². The number of carbonyl (C=O) groups is 1. The molecule has 0 atom stereocenters. The minimum atomic E-state index is -0.517. The highest BCUT2D eigenvalue weighted by atomic mass is 17.1. The summed E-state index contributed by atoms with van der Waals surface area (Å²) in [6.07, 6.45) is 0.0746. The molecule has 0 aromatic rings. The molecule has 52 valence electrons. The van der Waals surface area contributed by atoms with Gasteiger partial charge in [-0.3, -0.25) is 10.2 Å². The second-order valence-corrected chi connectivity index (χ2v) is 1.48. The number of hydrogen-bond donors (Lipinski definition) is 3. The third-order valence-electron chi connectivity index (χ3n) is 0.709. The lowest BCUT2D eigenvalue weighted by atomic mass is 10.3. The summed E-state index contributed by atoms with van der Waals surface area (Å²) in [7, 11) is 0. The highest BCUT2D eigenvalue weighted by Gasteiger charge is 1.99. The molecule has 0 aromatic heterocycles. The molecule has 0 bridgehead atoms. The zero-order chi connectivity index (χ0) is 7.28. The predicted molar refractivity (Wildman–Crippen MR) is 29.9 cm³/mol. The Labute approximate surface area is 51.9 Å². The average molecular weight is 132 g/mol. The summed E-state index contributed by atoms with van der Waals surface area (Å²) < 4.78 is 0. The lowest BCUT2D eigenvalue weighted by molar-refractivity contribution is -0.158. The number of amides is 1. The molecule has 0 saturated carbocycles. The van der Waals surface area contributed by atoms with Crippen LogP contribution in [0.5, 0.6) is 0 Å². The quantitative estimate of drug-likeness (QED) is 0.213. The van der Waals surface area contributed by atoms with Crippen LogP contribution in [0.25, 0.3) is 0 Å². The Morgan fingerprint density at radius 3 is 2.56 bits per heavy atom. The van der Waals surface area contributed by atoms with Gasteiger partial charge in [0.1, 0.15) is 0 Å². The summed E-state index contributed by atoms with van der Waals surface area (Å²) in [5.74, 6) is -0.870. The lowest BCUT2D eigenvalue weighted by Crippen LogP contribution is -2.12. The topological polar surface area (TPSA) is 96.4 Å². The van der Waals surface area contributed by atoms with Crippen LogP contribution in [-0.4, -0.2) is 17.1 Å². The highest BCUT2D eigenvalue weighted by molar-refractivity contribution is 5.80. The van der Waals surface area contributed by atoms with Crippen LogP contribution in [0.2, 0.25) is 0 Å². The zero-order valence-electron chi connectivity index (χ0n) is 4.76. The largest absolute Gasteiger partial charge is 0.370 e. The molecular formula is C4H8N2O3. The van der Waals surface area contributed by atoms with E-state index in [1.165, 1.54) is 0 Å². The first-order valence-electron chi connectivity index (χ1n) is 2.34. The maximum Gasteiger partial charge on any atom is 0.225 e. The Hall–Kier alpha value is -1.10. The lowest BCUT2D eigenvalue weighted by Gasteiger charge is -1.94. The van der Waals surface area contributed by atoms with E-state index in [9.17, 15) is 4.79 Å². The fraction of sp³-hybridized carbons (Fsp3) is 0.500. The number of carbonyl (C=O) groups excluding carboxylic acids is 1. The van der Waals surface area contributed by atoms with E-state index in [4.69, 9.17) is 16.4 Å². The van der Waals surface area contributed by atoms with Crippen molar-refractivity contribution in [3.63, 3.8) is 0 Å². The molecule has 1 amide bonds. The minimum absolute atomic E-state index is 0.0272. The standard InChI is InChI=1S/C4H8N2O3/c5-3(7)1-2-4(6)9-8/h6,8H,1-2H2,(H2,5,7). The third kappa shape index (κ3) is 4.76. The van der Waals surface area contributed by atoms with E-state index in [0.717, 1.165) is 0 Å². The van der Waals surface area contributed by atoms with Gasteiger partial charge in [-0.15, -0.1) is 0 Å². The van der Waals surface area contributed by atoms with Crippen molar-refractivity contribution in [2.75, 3.05) is 0 Å². The Balaban J connectivity index is 3.28. The second-order valence-electron chi connectivity index (χ2n) is 1.48. The van der Waals surface area contributed by atoms with Gasteiger partial charge >= 0.3 is 0 Å². The van der Waals surface area contributed by atoms with Gasteiger partial charge in [-0.1, -0.05) is 0 Å². The fourth-order valence-electron chi connectivity index (χ4n) is 0.282. The summed E-state index contributed by atoms with van der Waals surface area (Å²) in [5.41, 5.74) is 4.72. The summed E-state index contributed by atoms with van der Waals surface area (Å²) >= 11 is 0. The molecule has 0 fully saturated rings. The Morgan fingerprint density at radius 1 is 1.67 bits per heavy atom. The maximum atomic E-state index is 10.0. The van der Waals surface area contributed by atoms with Crippen LogP contribution in [0.1, 0.15) is 12.8 Å². The van der Waals surface area contributed by atoms with Gasteiger partial charge in [0, 0.05) is 12.8 Å². The first-order valence-corrected chi connectivity index (χ1v) is 2.34. The van der Waals surface area contributed by atoms with Crippen LogP contribution in [0, 0.1) is 5.41 Å². The van der Waals surface area contributed by atoms with Crippen molar-refractivity contribution < 1.29 is 14.9 Å². The third-order valence-corrected chi connectivity index (χ3v) is 0.709. The second kappa shape index (κ2) is 3.85. The van der Waals surface area contributed by atoms with Gasteiger partial charge in [-0.2, -0.15) is 0 Å². The van der Waals surface area contributed by atoms with Crippen LogP contribution in [0.3, 0.4) is 0 Å². The molecule has 0 spiro atoms. The molecule has 0 aromatic carbocycles. The van der Waals surface area contributed by atoms with Crippen molar-refractivity contribution in [3.8, 4) is 0 Å². The van der Waals surface area contributed by atoms with Crippen molar-refractivity contribution in [2.24, 2.45) is 5.73 Å². The molecule has 0 rings (SSSR count).